The van der Waals surface area contributed by atoms with Gasteiger partial charge in [-0.3, -0.25) is 0 Å². The van der Waals surface area contributed by atoms with E-state index in [4.69, 9.17) is 5.73 Å². The highest BCUT2D eigenvalue weighted by Gasteiger charge is 2.53. The zero-order valence-electron chi connectivity index (χ0n) is 6.14. The lowest BCUT2D eigenvalue weighted by molar-refractivity contribution is 0.265. The molecule has 0 radical (unpaired) electrons. The minimum atomic E-state index is 0.253. The molecule has 2 saturated heterocycles. The van der Waals surface area contributed by atoms with Crippen molar-refractivity contribution in [3.8, 4) is 0 Å². The second-order valence-corrected chi connectivity index (χ2v) is 4.44. The van der Waals surface area contributed by atoms with Gasteiger partial charge in [-0.2, -0.15) is 0 Å². The molecule has 0 aromatic carbocycles. The van der Waals surface area contributed by atoms with E-state index in [1.807, 2.05) is 0 Å². The zero-order chi connectivity index (χ0) is 6.77. The van der Waals surface area contributed by atoms with E-state index in [2.05, 4.69) is 5.32 Å². The Morgan fingerprint density at radius 1 is 1.30 bits per heavy atom. The van der Waals surface area contributed by atoms with Gasteiger partial charge in [0.2, 0.25) is 0 Å². The maximum Gasteiger partial charge on any atom is 0.0187 e. The summed E-state index contributed by atoms with van der Waals surface area (Å²) in [7, 11) is 0. The number of hydrogen-bond acceptors (Lipinski definition) is 2. The molecule has 0 amide bonds. The van der Waals surface area contributed by atoms with E-state index in [1.165, 1.54) is 25.7 Å². The van der Waals surface area contributed by atoms with Crippen LogP contribution in [0, 0.1) is 5.92 Å². The second-order valence-electron chi connectivity index (χ2n) is 4.44. The molecule has 0 aromatic rings. The van der Waals surface area contributed by atoms with E-state index in [-0.39, 0.29) is 5.54 Å². The highest BCUT2D eigenvalue weighted by atomic mass is 15.1. The first-order valence-electron chi connectivity index (χ1n) is 4.30. The van der Waals surface area contributed by atoms with E-state index in [9.17, 15) is 0 Å². The summed E-state index contributed by atoms with van der Waals surface area (Å²) in [6, 6.07) is 1.58. The van der Waals surface area contributed by atoms with Crippen LogP contribution in [0.1, 0.15) is 25.7 Å². The molecule has 2 heterocycles. The van der Waals surface area contributed by atoms with Crippen LogP contribution in [0.5, 0.6) is 0 Å². The SMILES string of the molecule is NC12CC3CC(C1)C(C2)N3. The Kier molecular flexibility index (Phi) is 0.783. The van der Waals surface area contributed by atoms with E-state index in [0.717, 1.165) is 18.0 Å². The average Bonchev–Trinajstić information content (AvgIpc) is 2.16. The lowest BCUT2D eigenvalue weighted by Gasteiger charge is -2.34. The van der Waals surface area contributed by atoms with E-state index < -0.39 is 0 Å². The minimum Gasteiger partial charge on any atom is -0.325 e. The maximum atomic E-state index is 6.18. The van der Waals surface area contributed by atoms with Crippen LogP contribution in [0.25, 0.3) is 0 Å². The van der Waals surface area contributed by atoms with Crippen LogP contribution in [0.4, 0.5) is 0 Å². The molecule has 4 fully saturated rings. The van der Waals surface area contributed by atoms with Crippen LogP contribution < -0.4 is 11.1 Å². The summed E-state index contributed by atoms with van der Waals surface area (Å²) in [5, 5.41) is 3.63. The topological polar surface area (TPSA) is 38.0 Å². The monoisotopic (exact) mass is 138 g/mol. The summed E-state index contributed by atoms with van der Waals surface area (Å²) in [5.41, 5.74) is 6.43. The zero-order valence-corrected chi connectivity index (χ0v) is 6.14. The van der Waals surface area contributed by atoms with Gasteiger partial charge in [0.05, 0.1) is 0 Å². The third-order valence-corrected chi connectivity index (χ3v) is 3.55. The molecule has 4 rings (SSSR count). The Balaban J connectivity index is 2.01. The van der Waals surface area contributed by atoms with Crippen molar-refractivity contribution in [2.75, 3.05) is 0 Å². The summed E-state index contributed by atoms with van der Waals surface area (Å²) >= 11 is 0. The number of nitrogens with two attached hydrogens (primary N) is 1. The molecule has 4 unspecified atom stereocenters. The molecule has 0 aromatic heterocycles. The Bertz CT molecular complexity index is 159. The molecule has 4 bridgehead atoms. The lowest BCUT2D eigenvalue weighted by atomic mass is 9.82. The molecule has 4 aliphatic rings. The summed E-state index contributed by atoms with van der Waals surface area (Å²) < 4.78 is 0. The van der Waals surface area contributed by atoms with E-state index in [0.29, 0.717) is 0 Å². The molecule has 3 N–H and O–H groups in total. The third-order valence-electron chi connectivity index (χ3n) is 3.55. The number of piperidine rings is 1. The Hall–Kier alpha value is -0.0800. The van der Waals surface area contributed by atoms with Gasteiger partial charge >= 0.3 is 0 Å². The molecule has 2 aliphatic heterocycles. The second kappa shape index (κ2) is 1.41. The molecular formula is C8H14N2. The predicted molar refractivity (Wildman–Crippen MR) is 39.6 cm³/mol. The van der Waals surface area contributed by atoms with Gasteiger partial charge < -0.3 is 11.1 Å². The van der Waals surface area contributed by atoms with E-state index in [1.54, 1.807) is 0 Å². The fraction of sp³-hybridized carbons (Fsp3) is 1.00. The first kappa shape index (κ1) is 5.56. The largest absolute Gasteiger partial charge is 0.325 e. The van der Waals surface area contributed by atoms with Gasteiger partial charge in [0.25, 0.3) is 0 Å². The highest BCUT2D eigenvalue weighted by Crippen LogP contribution is 2.48. The molecular weight excluding hydrogens is 124 g/mol. The first-order valence-corrected chi connectivity index (χ1v) is 4.30. The van der Waals surface area contributed by atoms with Crippen molar-refractivity contribution < 1.29 is 0 Å². The van der Waals surface area contributed by atoms with Crippen molar-refractivity contribution in [3.63, 3.8) is 0 Å². The van der Waals surface area contributed by atoms with Crippen molar-refractivity contribution in [2.45, 2.75) is 43.3 Å². The van der Waals surface area contributed by atoms with Gasteiger partial charge in [0.1, 0.15) is 0 Å². The minimum absolute atomic E-state index is 0.253. The summed E-state index contributed by atoms with van der Waals surface area (Å²) in [5.74, 6) is 0.934. The maximum absolute atomic E-state index is 6.18. The predicted octanol–water partition coefficient (Wildman–Crippen LogP) is 0.228. The van der Waals surface area contributed by atoms with Gasteiger partial charge in [-0.25, -0.2) is 0 Å². The van der Waals surface area contributed by atoms with Gasteiger partial charge in [-0.1, -0.05) is 0 Å². The van der Waals surface area contributed by atoms with Crippen LogP contribution in [0.3, 0.4) is 0 Å². The summed E-state index contributed by atoms with van der Waals surface area (Å²) in [6.45, 7) is 0. The van der Waals surface area contributed by atoms with Crippen molar-refractivity contribution >= 4 is 0 Å². The molecule has 56 valence electrons. The fourth-order valence-electron chi connectivity index (χ4n) is 3.33. The molecule has 10 heavy (non-hydrogen) atoms. The highest BCUT2D eigenvalue weighted by molar-refractivity contribution is 5.13. The molecule has 2 nitrogen and oxygen atoms in total. The third kappa shape index (κ3) is 0.523. The normalized spacial score (nSPS) is 63.9. The van der Waals surface area contributed by atoms with Crippen molar-refractivity contribution in [2.24, 2.45) is 11.7 Å². The van der Waals surface area contributed by atoms with Crippen molar-refractivity contribution in [1.29, 1.82) is 0 Å². The van der Waals surface area contributed by atoms with E-state index >= 15 is 0 Å². The van der Waals surface area contributed by atoms with Gasteiger partial charge in [0, 0.05) is 17.6 Å². The number of hydrogen-bond donors (Lipinski definition) is 2. The first-order chi connectivity index (χ1) is 4.75. The lowest BCUT2D eigenvalue weighted by Crippen LogP contribution is -2.50. The Labute approximate surface area is 61.2 Å². The average molecular weight is 138 g/mol. The molecule has 4 atom stereocenters. The van der Waals surface area contributed by atoms with Crippen LogP contribution in [-0.4, -0.2) is 17.6 Å². The number of nitrogens with one attached hydrogen (secondary N) is 1. The van der Waals surface area contributed by atoms with Crippen molar-refractivity contribution in [3.05, 3.63) is 0 Å². The standard InChI is InChI=1S/C8H14N2/c9-8-2-5-1-6(3-8)10-7(5)4-8/h5-7,10H,1-4,9H2. The van der Waals surface area contributed by atoms with Crippen LogP contribution >= 0.6 is 0 Å². The van der Waals surface area contributed by atoms with Gasteiger partial charge in [0.15, 0.2) is 0 Å². The fourth-order valence-corrected chi connectivity index (χ4v) is 3.33. The summed E-state index contributed by atoms with van der Waals surface area (Å²) in [6.07, 6.45) is 5.18. The van der Waals surface area contributed by atoms with Gasteiger partial charge in [-0.05, 0) is 31.6 Å². The summed E-state index contributed by atoms with van der Waals surface area (Å²) in [4.78, 5) is 0. The Morgan fingerprint density at radius 2 is 2.20 bits per heavy atom. The molecule has 0 spiro atoms. The van der Waals surface area contributed by atoms with Crippen LogP contribution in [0.15, 0.2) is 0 Å². The van der Waals surface area contributed by atoms with Crippen molar-refractivity contribution in [1.82, 2.24) is 5.32 Å². The Morgan fingerprint density at radius 3 is 2.80 bits per heavy atom. The quantitative estimate of drug-likeness (QED) is 0.503. The molecule has 2 aliphatic carbocycles. The van der Waals surface area contributed by atoms with Crippen LogP contribution in [0.2, 0.25) is 0 Å². The number of rotatable bonds is 0. The molecule has 2 saturated carbocycles. The van der Waals surface area contributed by atoms with Gasteiger partial charge in [-0.15, -0.1) is 0 Å². The smallest absolute Gasteiger partial charge is 0.0187 e. The van der Waals surface area contributed by atoms with Crippen LogP contribution in [-0.2, 0) is 0 Å². The molecule has 2 heteroatoms.